The smallest absolute Gasteiger partial charge is 0.0305 e. The van der Waals surface area contributed by atoms with E-state index in [0.29, 0.717) is 0 Å². The Labute approximate surface area is 92.3 Å². The Kier molecular flexibility index (Phi) is 4.72. The lowest BCUT2D eigenvalue weighted by molar-refractivity contribution is 0.467. The molecular weight excluding hydrogens is 186 g/mol. The Balaban J connectivity index is 2.45. The molecular formula is C12H21N3. The summed E-state index contributed by atoms with van der Waals surface area (Å²) in [6.07, 6.45) is 3.76. The molecule has 0 spiro atoms. The highest BCUT2D eigenvalue weighted by molar-refractivity contribution is 5.19. The van der Waals surface area contributed by atoms with Crippen LogP contribution < -0.4 is 10.6 Å². The van der Waals surface area contributed by atoms with Crippen molar-refractivity contribution < 1.29 is 0 Å². The predicted molar refractivity (Wildman–Crippen MR) is 64.1 cm³/mol. The molecule has 1 aromatic heterocycles. The Morgan fingerprint density at radius 2 is 2.13 bits per heavy atom. The van der Waals surface area contributed by atoms with Crippen molar-refractivity contribution in [2.45, 2.75) is 19.3 Å². The van der Waals surface area contributed by atoms with Crippen molar-refractivity contribution in [3.8, 4) is 0 Å². The summed E-state index contributed by atoms with van der Waals surface area (Å²) in [5, 5.41) is 6.55. The first-order valence-corrected chi connectivity index (χ1v) is 5.42. The van der Waals surface area contributed by atoms with Crippen molar-refractivity contribution in [3.05, 3.63) is 30.1 Å². The Hall–Kier alpha value is -0.930. The average molecular weight is 207 g/mol. The van der Waals surface area contributed by atoms with Gasteiger partial charge in [-0.05, 0) is 18.7 Å². The number of hydrogen-bond acceptors (Lipinski definition) is 3. The molecule has 0 radical (unpaired) electrons. The summed E-state index contributed by atoms with van der Waals surface area (Å²) in [7, 11) is 1.97. The van der Waals surface area contributed by atoms with E-state index in [4.69, 9.17) is 0 Å². The molecule has 0 fully saturated rings. The summed E-state index contributed by atoms with van der Waals surface area (Å²) in [5.41, 5.74) is 1.42. The largest absolute Gasteiger partial charge is 0.318 e. The first-order valence-electron chi connectivity index (χ1n) is 5.42. The molecule has 0 aliphatic heterocycles. The third-order valence-corrected chi connectivity index (χ3v) is 2.56. The van der Waals surface area contributed by atoms with E-state index in [2.05, 4.69) is 35.5 Å². The molecule has 1 aromatic rings. The summed E-state index contributed by atoms with van der Waals surface area (Å²) < 4.78 is 0. The molecule has 3 heteroatoms. The Morgan fingerprint density at radius 1 is 1.33 bits per heavy atom. The van der Waals surface area contributed by atoms with Crippen LogP contribution in [0.25, 0.3) is 0 Å². The van der Waals surface area contributed by atoms with Crippen LogP contribution in [0.3, 0.4) is 0 Å². The van der Waals surface area contributed by atoms with E-state index in [-0.39, 0.29) is 5.41 Å². The Bertz CT molecular complexity index is 269. The quantitative estimate of drug-likeness (QED) is 0.688. The molecule has 3 nitrogen and oxygen atoms in total. The van der Waals surface area contributed by atoms with Gasteiger partial charge in [0, 0.05) is 37.4 Å². The molecule has 0 saturated carbocycles. The van der Waals surface area contributed by atoms with Crippen LogP contribution in [-0.2, 0) is 5.41 Å². The molecule has 0 aliphatic rings. The van der Waals surface area contributed by atoms with Gasteiger partial charge in [-0.2, -0.15) is 0 Å². The number of likely N-dealkylation sites (N-methyl/N-ethyl adjacent to an activating group) is 1. The maximum Gasteiger partial charge on any atom is 0.0305 e. The molecule has 84 valence electrons. The minimum absolute atomic E-state index is 0.141. The van der Waals surface area contributed by atoms with Gasteiger partial charge in [-0.25, -0.2) is 0 Å². The van der Waals surface area contributed by atoms with Gasteiger partial charge in [0.1, 0.15) is 0 Å². The summed E-state index contributed by atoms with van der Waals surface area (Å²) in [5.74, 6) is 0. The van der Waals surface area contributed by atoms with Crippen LogP contribution in [0, 0.1) is 0 Å². The lowest BCUT2D eigenvalue weighted by Gasteiger charge is -2.25. The minimum Gasteiger partial charge on any atom is -0.318 e. The van der Waals surface area contributed by atoms with E-state index in [1.54, 1.807) is 0 Å². The molecule has 1 rings (SSSR count). The van der Waals surface area contributed by atoms with Crippen LogP contribution in [0.5, 0.6) is 0 Å². The zero-order valence-corrected chi connectivity index (χ0v) is 9.88. The molecule has 0 amide bonds. The van der Waals surface area contributed by atoms with Gasteiger partial charge in [-0.15, -0.1) is 0 Å². The fourth-order valence-electron chi connectivity index (χ4n) is 1.48. The minimum atomic E-state index is 0.141. The average Bonchev–Trinajstić information content (AvgIpc) is 2.26. The highest BCUT2D eigenvalue weighted by atomic mass is 14.9. The summed E-state index contributed by atoms with van der Waals surface area (Å²) in [4.78, 5) is 4.16. The zero-order chi connectivity index (χ0) is 11.1. The maximum atomic E-state index is 4.16. The number of hydrogen-bond donors (Lipinski definition) is 2. The molecule has 0 unspecified atom stereocenters. The monoisotopic (exact) mass is 207 g/mol. The SMILES string of the molecule is CNCCNCC(C)(C)c1cccnc1. The van der Waals surface area contributed by atoms with Gasteiger partial charge in [0.2, 0.25) is 0 Å². The second kappa shape index (κ2) is 5.83. The van der Waals surface area contributed by atoms with Crippen LogP contribution in [0.2, 0.25) is 0 Å². The van der Waals surface area contributed by atoms with Crippen LogP contribution in [0.4, 0.5) is 0 Å². The fourth-order valence-corrected chi connectivity index (χ4v) is 1.48. The van der Waals surface area contributed by atoms with Gasteiger partial charge < -0.3 is 10.6 Å². The van der Waals surface area contributed by atoms with Crippen molar-refractivity contribution in [1.82, 2.24) is 15.6 Å². The molecule has 0 saturated heterocycles. The van der Waals surface area contributed by atoms with Gasteiger partial charge in [-0.1, -0.05) is 19.9 Å². The van der Waals surface area contributed by atoms with E-state index in [1.807, 2.05) is 25.5 Å². The standard InChI is InChI=1S/C12H21N3/c1-12(2,10-15-8-7-13-3)11-5-4-6-14-9-11/h4-6,9,13,15H,7-8,10H2,1-3H3. The van der Waals surface area contributed by atoms with Crippen molar-refractivity contribution in [2.24, 2.45) is 0 Å². The molecule has 0 aliphatic carbocycles. The van der Waals surface area contributed by atoms with Crippen LogP contribution >= 0.6 is 0 Å². The maximum absolute atomic E-state index is 4.16. The number of pyridine rings is 1. The second-order valence-corrected chi connectivity index (χ2v) is 4.41. The van der Waals surface area contributed by atoms with Gasteiger partial charge in [0.05, 0.1) is 0 Å². The topological polar surface area (TPSA) is 37.0 Å². The van der Waals surface area contributed by atoms with Crippen LogP contribution in [-0.4, -0.2) is 31.7 Å². The molecule has 1 heterocycles. The summed E-state index contributed by atoms with van der Waals surface area (Å²) in [6, 6.07) is 4.12. The lowest BCUT2D eigenvalue weighted by atomic mass is 9.86. The zero-order valence-electron chi connectivity index (χ0n) is 9.88. The summed E-state index contributed by atoms with van der Waals surface area (Å²) in [6.45, 7) is 7.44. The van der Waals surface area contributed by atoms with E-state index in [0.717, 1.165) is 19.6 Å². The van der Waals surface area contributed by atoms with E-state index in [1.165, 1.54) is 5.56 Å². The van der Waals surface area contributed by atoms with Gasteiger partial charge in [0.25, 0.3) is 0 Å². The van der Waals surface area contributed by atoms with E-state index in [9.17, 15) is 0 Å². The molecule has 15 heavy (non-hydrogen) atoms. The first-order chi connectivity index (χ1) is 7.17. The highest BCUT2D eigenvalue weighted by Gasteiger charge is 2.19. The summed E-state index contributed by atoms with van der Waals surface area (Å²) >= 11 is 0. The first kappa shape index (κ1) is 12.1. The van der Waals surface area contributed by atoms with Gasteiger partial charge in [0.15, 0.2) is 0 Å². The van der Waals surface area contributed by atoms with Crippen LogP contribution in [0.15, 0.2) is 24.5 Å². The van der Waals surface area contributed by atoms with Crippen LogP contribution in [0.1, 0.15) is 19.4 Å². The Morgan fingerprint density at radius 3 is 2.73 bits per heavy atom. The van der Waals surface area contributed by atoms with Crippen molar-refractivity contribution >= 4 is 0 Å². The van der Waals surface area contributed by atoms with Crippen molar-refractivity contribution in [2.75, 3.05) is 26.7 Å². The van der Waals surface area contributed by atoms with Gasteiger partial charge >= 0.3 is 0 Å². The third-order valence-electron chi connectivity index (χ3n) is 2.56. The number of aromatic nitrogens is 1. The van der Waals surface area contributed by atoms with Crippen molar-refractivity contribution in [1.29, 1.82) is 0 Å². The fraction of sp³-hybridized carbons (Fsp3) is 0.583. The second-order valence-electron chi connectivity index (χ2n) is 4.41. The lowest BCUT2D eigenvalue weighted by Crippen LogP contribution is -2.36. The van der Waals surface area contributed by atoms with Crippen molar-refractivity contribution in [3.63, 3.8) is 0 Å². The number of nitrogens with one attached hydrogen (secondary N) is 2. The third kappa shape index (κ3) is 3.98. The highest BCUT2D eigenvalue weighted by Crippen LogP contribution is 2.20. The molecule has 0 aromatic carbocycles. The van der Waals surface area contributed by atoms with E-state index >= 15 is 0 Å². The number of nitrogens with zero attached hydrogens (tertiary/aromatic N) is 1. The number of rotatable bonds is 6. The molecule has 2 N–H and O–H groups in total. The normalized spacial score (nSPS) is 11.7. The molecule has 0 bridgehead atoms. The van der Waals surface area contributed by atoms with Gasteiger partial charge in [-0.3, -0.25) is 4.98 Å². The predicted octanol–water partition coefficient (Wildman–Crippen LogP) is 1.17. The molecule has 0 atom stereocenters. The van der Waals surface area contributed by atoms with E-state index < -0.39 is 0 Å².